The normalized spacial score (nSPS) is 12.1. The molecule has 0 unspecified atom stereocenters. The van der Waals surface area contributed by atoms with Crippen LogP contribution < -0.4 is 10.5 Å². The molecule has 0 atom stereocenters. The van der Waals surface area contributed by atoms with Crippen LogP contribution in [0.15, 0.2) is 6.07 Å². The van der Waals surface area contributed by atoms with Crippen LogP contribution in [0.5, 0.6) is 5.75 Å². The standard InChI is InChI=1S/C11H12F3N3O/c1-5-16-7-4-6(11(12,13)14)10(18-3)8(15)9(7)17(5)2/h4H,15H2,1-3H3. The number of benzene rings is 1. The van der Waals surface area contributed by atoms with Crippen LogP contribution >= 0.6 is 0 Å². The van der Waals surface area contributed by atoms with Crippen molar-refractivity contribution in [2.24, 2.45) is 7.05 Å². The van der Waals surface area contributed by atoms with Gasteiger partial charge in [0.2, 0.25) is 0 Å². The van der Waals surface area contributed by atoms with E-state index in [-0.39, 0.29) is 17.0 Å². The number of imidazole rings is 1. The summed E-state index contributed by atoms with van der Waals surface area (Å²) in [6.07, 6.45) is -4.53. The van der Waals surface area contributed by atoms with Gasteiger partial charge in [0.1, 0.15) is 17.1 Å². The molecule has 0 saturated heterocycles. The molecule has 1 aromatic carbocycles. The second kappa shape index (κ2) is 3.79. The van der Waals surface area contributed by atoms with E-state index in [2.05, 4.69) is 4.98 Å². The minimum Gasteiger partial charge on any atom is -0.494 e. The van der Waals surface area contributed by atoms with Crippen molar-refractivity contribution in [3.63, 3.8) is 0 Å². The number of anilines is 1. The average molecular weight is 259 g/mol. The monoisotopic (exact) mass is 259 g/mol. The summed E-state index contributed by atoms with van der Waals surface area (Å²) in [5.74, 6) is 0.219. The number of fused-ring (bicyclic) bond motifs is 1. The van der Waals surface area contributed by atoms with Crippen LogP contribution in [-0.2, 0) is 13.2 Å². The first-order valence-electron chi connectivity index (χ1n) is 5.14. The number of aromatic nitrogens is 2. The Kier molecular flexibility index (Phi) is 2.64. The summed E-state index contributed by atoms with van der Waals surface area (Å²) in [7, 11) is 2.85. The summed E-state index contributed by atoms with van der Waals surface area (Å²) in [6, 6.07) is 0.956. The Hall–Kier alpha value is -1.92. The number of methoxy groups -OCH3 is 1. The van der Waals surface area contributed by atoms with Gasteiger partial charge in [-0.2, -0.15) is 13.2 Å². The molecule has 0 aliphatic carbocycles. The lowest BCUT2D eigenvalue weighted by molar-refractivity contribution is -0.138. The highest BCUT2D eigenvalue weighted by Crippen LogP contribution is 2.43. The molecule has 4 nitrogen and oxygen atoms in total. The SMILES string of the molecule is COc1c(C(F)(F)F)cc2nc(C)n(C)c2c1N. The lowest BCUT2D eigenvalue weighted by Crippen LogP contribution is -2.10. The number of alkyl halides is 3. The van der Waals surface area contributed by atoms with Crippen LogP contribution in [-0.4, -0.2) is 16.7 Å². The van der Waals surface area contributed by atoms with Gasteiger partial charge >= 0.3 is 6.18 Å². The van der Waals surface area contributed by atoms with Gasteiger partial charge in [0.15, 0.2) is 5.75 Å². The van der Waals surface area contributed by atoms with Crippen molar-refractivity contribution in [2.75, 3.05) is 12.8 Å². The molecule has 1 aromatic heterocycles. The fourth-order valence-corrected chi connectivity index (χ4v) is 1.94. The molecule has 2 N–H and O–H groups in total. The lowest BCUT2D eigenvalue weighted by Gasteiger charge is -2.14. The molecule has 0 amide bonds. The molecule has 0 aliphatic heterocycles. The van der Waals surface area contributed by atoms with E-state index in [0.717, 1.165) is 13.2 Å². The quantitative estimate of drug-likeness (QED) is 0.800. The Morgan fingerprint density at radius 1 is 1.39 bits per heavy atom. The molecule has 2 aromatic rings. The van der Waals surface area contributed by atoms with Gasteiger partial charge in [-0.25, -0.2) is 4.98 Å². The number of halogens is 3. The van der Waals surface area contributed by atoms with Crippen molar-refractivity contribution in [3.8, 4) is 5.75 Å². The van der Waals surface area contributed by atoms with Crippen LogP contribution in [0.1, 0.15) is 11.4 Å². The first-order valence-corrected chi connectivity index (χ1v) is 5.14. The second-order valence-electron chi connectivity index (χ2n) is 3.95. The Labute approximate surface area is 101 Å². The number of hydrogen-bond donors (Lipinski definition) is 1. The largest absolute Gasteiger partial charge is 0.494 e. The summed E-state index contributed by atoms with van der Waals surface area (Å²) >= 11 is 0. The van der Waals surface area contributed by atoms with Gasteiger partial charge in [0, 0.05) is 7.05 Å². The minimum absolute atomic E-state index is 0.0505. The van der Waals surface area contributed by atoms with Gasteiger partial charge in [-0.15, -0.1) is 0 Å². The van der Waals surface area contributed by atoms with E-state index >= 15 is 0 Å². The third-order valence-corrected chi connectivity index (χ3v) is 2.88. The Bertz CT molecular complexity index is 616. The molecule has 7 heteroatoms. The highest BCUT2D eigenvalue weighted by atomic mass is 19.4. The summed E-state index contributed by atoms with van der Waals surface area (Å²) in [5, 5.41) is 0. The van der Waals surface area contributed by atoms with Crippen LogP contribution in [0.2, 0.25) is 0 Å². The van der Waals surface area contributed by atoms with E-state index in [1.165, 1.54) is 0 Å². The van der Waals surface area contributed by atoms with Crippen molar-refractivity contribution in [1.29, 1.82) is 0 Å². The molecule has 2 rings (SSSR count). The van der Waals surface area contributed by atoms with E-state index in [4.69, 9.17) is 10.5 Å². The third-order valence-electron chi connectivity index (χ3n) is 2.88. The highest BCUT2D eigenvalue weighted by Gasteiger charge is 2.36. The van der Waals surface area contributed by atoms with Gasteiger partial charge in [0.25, 0.3) is 0 Å². The zero-order valence-corrected chi connectivity index (χ0v) is 10.1. The number of nitrogens with zero attached hydrogens (tertiary/aromatic N) is 2. The lowest BCUT2D eigenvalue weighted by atomic mass is 10.1. The first kappa shape index (κ1) is 12.5. The maximum Gasteiger partial charge on any atom is 0.420 e. The van der Waals surface area contributed by atoms with Gasteiger partial charge in [0.05, 0.1) is 18.1 Å². The van der Waals surface area contributed by atoms with Crippen LogP contribution in [0, 0.1) is 6.92 Å². The number of rotatable bonds is 1. The van der Waals surface area contributed by atoms with Crippen LogP contribution in [0.4, 0.5) is 18.9 Å². The minimum atomic E-state index is -4.53. The molecule has 1 heterocycles. The molecule has 0 saturated carbocycles. The third kappa shape index (κ3) is 1.66. The summed E-state index contributed by atoms with van der Waals surface area (Å²) < 4.78 is 45.1. The van der Waals surface area contributed by atoms with Gasteiger partial charge in [-0.05, 0) is 13.0 Å². The summed E-state index contributed by atoms with van der Waals surface area (Å²) in [4.78, 5) is 4.05. The smallest absolute Gasteiger partial charge is 0.420 e. The summed E-state index contributed by atoms with van der Waals surface area (Å²) in [5.41, 5.74) is 5.45. The number of hydrogen-bond acceptors (Lipinski definition) is 3. The second-order valence-corrected chi connectivity index (χ2v) is 3.95. The predicted molar refractivity (Wildman–Crippen MR) is 61.4 cm³/mol. The fraction of sp³-hybridized carbons (Fsp3) is 0.364. The van der Waals surface area contributed by atoms with Crippen molar-refractivity contribution < 1.29 is 17.9 Å². The zero-order chi connectivity index (χ0) is 13.7. The van der Waals surface area contributed by atoms with Crippen molar-refractivity contribution in [2.45, 2.75) is 13.1 Å². The Morgan fingerprint density at radius 2 is 2.00 bits per heavy atom. The number of aryl methyl sites for hydroxylation is 2. The molecular formula is C11H12F3N3O. The molecule has 0 spiro atoms. The topological polar surface area (TPSA) is 53.1 Å². The first-order chi connectivity index (χ1) is 8.27. The molecule has 0 fully saturated rings. The summed E-state index contributed by atoms with van der Waals surface area (Å²) in [6.45, 7) is 1.69. The fourth-order valence-electron chi connectivity index (χ4n) is 1.94. The van der Waals surface area contributed by atoms with Gasteiger partial charge in [-0.3, -0.25) is 0 Å². The average Bonchev–Trinajstić information content (AvgIpc) is 2.53. The molecule has 0 bridgehead atoms. The zero-order valence-electron chi connectivity index (χ0n) is 10.1. The molecule has 0 aliphatic rings. The van der Waals surface area contributed by atoms with E-state index in [1.54, 1.807) is 18.5 Å². The molecular weight excluding hydrogens is 247 g/mol. The van der Waals surface area contributed by atoms with Gasteiger partial charge in [-0.1, -0.05) is 0 Å². The van der Waals surface area contributed by atoms with Crippen LogP contribution in [0.25, 0.3) is 11.0 Å². The van der Waals surface area contributed by atoms with Crippen molar-refractivity contribution >= 4 is 16.7 Å². The van der Waals surface area contributed by atoms with E-state index in [1.807, 2.05) is 0 Å². The number of ether oxygens (including phenoxy) is 1. The highest BCUT2D eigenvalue weighted by molar-refractivity contribution is 5.93. The van der Waals surface area contributed by atoms with E-state index < -0.39 is 11.7 Å². The maximum atomic E-state index is 12.9. The molecule has 0 radical (unpaired) electrons. The molecule has 18 heavy (non-hydrogen) atoms. The number of nitrogen functional groups attached to an aromatic ring is 1. The number of nitrogens with two attached hydrogens (primary N) is 1. The van der Waals surface area contributed by atoms with Gasteiger partial charge < -0.3 is 15.0 Å². The Balaban J connectivity index is 2.91. The maximum absolute atomic E-state index is 12.9. The predicted octanol–water partition coefficient (Wildman–Crippen LogP) is 2.49. The van der Waals surface area contributed by atoms with Crippen LogP contribution in [0.3, 0.4) is 0 Å². The van der Waals surface area contributed by atoms with E-state index in [9.17, 15) is 13.2 Å². The van der Waals surface area contributed by atoms with Crippen molar-refractivity contribution in [1.82, 2.24) is 9.55 Å². The molecule has 98 valence electrons. The van der Waals surface area contributed by atoms with Crippen molar-refractivity contribution in [3.05, 3.63) is 17.5 Å². The van der Waals surface area contributed by atoms with E-state index in [0.29, 0.717) is 11.3 Å². The Morgan fingerprint density at radius 3 is 2.50 bits per heavy atom.